The van der Waals surface area contributed by atoms with E-state index in [4.69, 9.17) is 4.42 Å². The quantitative estimate of drug-likeness (QED) is 0.702. The SMILES string of the molecule is c1coc(CSCCCNC2CC2)c1. The third-order valence-corrected chi connectivity index (χ3v) is 3.37. The molecule has 0 aromatic carbocycles. The summed E-state index contributed by atoms with van der Waals surface area (Å²) < 4.78 is 5.25. The van der Waals surface area contributed by atoms with Crippen LogP contribution in [-0.4, -0.2) is 18.3 Å². The number of rotatable bonds is 7. The molecule has 2 nitrogen and oxygen atoms in total. The van der Waals surface area contributed by atoms with E-state index < -0.39 is 0 Å². The van der Waals surface area contributed by atoms with Crippen molar-refractivity contribution in [3.05, 3.63) is 24.2 Å². The molecule has 3 heteroatoms. The average Bonchev–Trinajstić information content (AvgIpc) is 2.87. The minimum absolute atomic E-state index is 0.852. The molecule has 0 amide bonds. The van der Waals surface area contributed by atoms with Gasteiger partial charge >= 0.3 is 0 Å². The highest BCUT2D eigenvalue weighted by Gasteiger charge is 2.19. The van der Waals surface area contributed by atoms with Gasteiger partial charge in [-0.15, -0.1) is 0 Å². The highest BCUT2D eigenvalue weighted by Crippen LogP contribution is 2.18. The van der Waals surface area contributed by atoms with Gasteiger partial charge in [0, 0.05) is 6.04 Å². The number of nitrogens with one attached hydrogen (secondary N) is 1. The number of furan rings is 1. The van der Waals surface area contributed by atoms with Crippen molar-refractivity contribution in [1.82, 2.24) is 5.32 Å². The molecule has 1 N–H and O–H groups in total. The molecule has 1 aromatic heterocycles. The van der Waals surface area contributed by atoms with Crippen molar-refractivity contribution < 1.29 is 4.42 Å². The molecule has 14 heavy (non-hydrogen) atoms. The van der Waals surface area contributed by atoms with Gasteiger partial charge in [-0.2, -0.15) is 11.8 Å². The molecule has 1 aliphatic carbocycles. The molecule has 0 spiro atoms. The topological polar surface area (TPSA) is 25.2 Å². The van der Waals surface area contributed by atoms with Crippen LogP contribution in [-0.2, 0) is 5.75 Å². The fraction of sp³-hybridized carbons (Fsp3) is 0.636. The molecular weight excluding hydrogens is 194 g/mol. The highest BCUT2D eigenvalue weighted by atomic mass is 32.2. The van der Waals surface area contributed by atoms with Crippen LogP contribution in [0.1, 0.15) is 25.0 Å². The third kappa shape index (κ3) is 3.76. The summed E-state index contributed by atoms with van der Waals surface area (Å²) in [6.45, 7) is 1.18. The number of thioether (sulfide) groups is 1. The lowest BCUT2D eigenvalue weighted by molar-refractivity contribution is 0.530. The molecule has 0 aliphatic heterocycles. The number of hydrogen-bond acceptors (Lipinski definition) is 3. The van der Waals surface area contributed by atoms with Crippen molar-refractivity contribution in [1.29, 1.82) is 0 Å². The molecule has 0 saturated heterocycles. The smallest absolute Gasteiger partial charge is 0.113 e. The maximum absolute atomic E-state index is 5.25. The molecule has 0 radical (unpaired) electrons. The Kier molecular flexibility index (Phi) is 3.95. The van der Waals surface area contributed by atoms with E-state index in [0.717, 1.165) is 17.6 Å². The van der Waals surface area contributed by atoms with Crippen LogP contribution < -0.4 is 5.32 Å². The van der Waals surface area contributed by atoms with E-state index in [2.05, 4.69) is 5.32 Å². The summed E-state index contributed by atoms with van der Waals surface area (Å²) in [5.74, 6) is 3.32. The summed E-state index contributed by atoms with van der Waals surface area (Å²) >= 11 is 1.95. The molecular formula is C11H17NOS. The van der Waals surface area contributed by atoms with E-state index >= 15 is 0 Å². The molecule has 0 bridgehead atoms. The van der Waals surface area contributed by atoms with Crippen LogP contribution in [0.25, 0.3) is 0 Å². The average molecular weight is 211 g/mol. The second-order valence-electron chi connectivity index (χ2n) is 3.71. The Hall–Kier alpha value is -0.410. The molecule has 1 fully saturated rings. The third-order valence-electron chi connectivity index (χ3n) is 2.30. The van der Waals surface area contributed by atoms with E-state index in [-0.39, 0.29) is 0 Å². The standard InChI is InChI=1S/C11H17NOS/c1-3-11(13-7-1)9-14-8-2-6-12-10-4-5-10/h1,3,7,10,12H,2,4-6,8-9H2. The Morgan fingerprint density at radius 1 is 1.50 bits per heavy atom. The minimum atomic E-state index is 0.852. The van der Waals surface area contributed by atoms with Crippen LogP contribution in [0.15, 0.2) is 22.8 Å². The fourth-order valence-electron chi connectivity index (χ4n) is 1.34. The van der Waals surface area contributed by atoms with Crippen molar-refractivity contribution in [2.24, 2.45) is 0 Å². The Labute approximate surface area is 89.4 Å². The van der Waals surface area contributed by atoms with Gasteiger partial charge in [-0.1, -0.05) is 0 Å². The van der Waals surface area contributed by atoms with Crippen molar-refractivity contribution in [2.75, 3.05) is 12.3 Å². The second-order valence-corrected chi connectivity index (χ2v) is 4.82. The van der Waals surface area contributed by atoms with E-state index in [9.17, 15) is 0 Å². The predicted octanol–water partition coefficient (Wildman–Crippen LogP) is 2.65. The minimum Gasteiger partial charge on any atom is -0.468 e. The highest BCUT2D eigenvalue weighted by molar-refractivity contribution is 7.98. The predicted molar refractivity (Wildman–Crippen MR) is 60.5 cm³/mol. The second kappa shape index (κ2) is 5.47. The largest absolute Gasteiger partial charge is 0.468 e. The molecule has 2 rings (SSSR count). The van der Waals surface area contributed by atoms with Crippen molar-refractivity contribution >= 4 is 11.8 Å². The Bertz CT molecular complexity index is 244. The monoisotopic (exact) mass is 211 g/mol. The van der Waals surface area contributed by atoms with Crippen molar-refractivity contribution in [2.45, 2.75) is 31.1 Å². The summed E-state index contributed by atoms with van der Waals surface area (Å²) in [4.78, 5) is 0. The van der Waals surface area contributed by atoms with E-state index in [1.807, 2.05) is 23.9 Å². The fourth-order valence-corrected chi connectivity index (χ4v) is 2.19. The molecule has 0 unspecified atom stereocenters. The Morgan fingerprint density at radius 2 is 2.43 bits per heavy atom. The van der Waals surface area contributed by atoms with Crippen LogP contribution in [0.4, 0.5) is 0 Å². The van der Waals surface area contributed by atoms with Gasteiger partial charge in [-0.25, -0.2) is 0 Å². The first-order valence-corrected chi connectivity index (χ1v) is 6.44. The molecule has 78 valence electrons. The Morgan fingerprint density at radius 3 is 3.14 bits per heavy atom. The lowest BCUT2D eigenvalue weighted by Crippen LogP contribution is -2.17. The zero-order valence-corrected chi connectivity index (χ0v) is 9.19. The van der Waals surface area contributed by atoms with Crippen LogP contribution >= 0.6 is 11.8 Å². The lowest BCUT2D eigenvalue weighted by atomic mass is 10.5. The molecule has 0 atom stereocenters. The van der Waals surface area contributed by atoms with Crippen LogP contribution in [0.5, 0.6) is 0 Å². The van der Waals surface area contributed by atoms with Gasteiger partial charge < -0.3 is 9.73 Å². The van der Waals surface area contributed by atoms with Crippen LogP contribution in [0.3, 0.4) is 0 Å². The Balaban J connectivity index is 1.43. The zero-order chi connectivity index (χ0) is 9.64. The molecule has 1 aromatic rings. The first-order chi connectivity index (χ1) is 6.95. The van der Waals surface area contributed by atoms with Gasteiger partial charge in [-0.3, -0.25) is 0 Å². The molecule has 1 aliphatic rings. The van der Waals surface area contributed by atoms with Crippen LogP contribution in [0, 0.1) is 0 Å². The summed E-state index contributed by atoms with van der Waals surface area (Å²) in [7, 11) is 0. The van der Waals surface area contributed by atoms with E-state index in [0.29, 0.717) is 0 Å². The maximum atomic E-state index is 5.25. The summed E-state index contributed by atoms with van der Waals surface area (Å²) in [5.41, 5.74) is 0. The van der Waals surface area contributed by atoms with Crippen LogP contribution in [0.2, 0.25) is 0 Å². The molecule has 1 heterocycles. The van der Waals surface area contributed by atoms with Gasteiger partial charge in [-0.05, 0) is 43.7 Å². The zero-order valence-electron chi connectivity index (χ0n) is 8.37. The van der Waals surface area contributed by atoms with Gasteiger partial charge in [0.25, 0.3) is 0 Å². The van der Waals surface area contributed by atoms with Crippen molar-refractivity contribution in [3.8, 4) is 0 Å². The first-order valence-electron chi connectivity index (χ1n) is 5.28. The normalized spacial score (nSPS) is 16.0. The maximum Gasteiger partial charge on any atom is 0.113 e. The summed E-state index contributed by atoms with van der Waals surface area (Å²) in [6.07, 6.45) is 5.78. The van der Waals surface area contributed by atoms with Gasteiger partial charge in [0.1, 0.15) is 5.76 Å². The summed E-state index contributed by atoms with van der Waals surface area (Å²) in [6, 6.07) is 4.84. The molecule has 1 saturated carbocycles. The van der Waals surface area contributed by atoms with Gasteiger partial charge in [0.15, 0.2) is 0 Å². The van der Waals surface area contributed by atoms with Gasteiger partial charge in [0.05, 0.1) is 12.0 Å². The number of hydrogen-bond donors (Lipinski definition) is 1. The lowest BCUT2D eigenvalue weighted by Gasteiger charge is -2.01. The van der Waals surface area contributed by atoms with Crippen molar-refractivity contribution in [3.63, 3.8) is 0 Å². The van der Waals surface area contributed by atoms with E-state index in [1.54, 1.807) is 6.26 Å². The van der Waals surface area contributed by atoms with Gasteiger partial charge in [0.2, 0.25) is 0 Å². The van der Waals surface area contributed by atoms with E-state index in [1.165, 1.54) is 31.6 Å². The first kappa shape index (κ1) is 10.1. The summed E-state index contributed by atoms with van der Waals surface area (Å²) in [5, 5.41) is 3.51.